The van der Waals surface area contributed by atoms with Gasteiger partial charge in [0, 0.05) is 13.5 Å². The van der Waals surface area contributed by atoms with Crippen molar-refractivity contribution >= 4 is 0 Å². The Morgan fingerprint density at radius 2 is 2.12 bits per heavy atom. The Bertz CT molecular complexity index is 346. The molecule has 0 spiro atoms. The van der Waals surface area contributed by atoms with Crippen LogP contribution in [0.1, 0.15) is 36.8 Å². The van der Waals surface area contributed by atoms with Gasteiger partial charge in [-0.3, -0.25) is 4.68 Å². The van der Waals surface area contributed by atoms with Gasteiger partial charge in [0.05, 0.1) is 17.5 Å². The van der Waals surface area contributed by atoms with E-state index in [4.69, 9.17) is 0 Å². The lowest BCUT2D eigenvalue weighted by Crippen LogP contribution is -2.09. The number of halogens is 3. The second-order valence-corrected chi connectivity index (χ2v) is 3.86. The van der Waals surface area contributed by atoms with Crippen LogP contribution in [0.2, 0.25) is 0 Å². The summed E-state index contributed by atoms with van der Waals surface area (Å²) in [7, 11) is 1.66. The summed E-state index contributed by atoms with van der Waals surface area (Å²) in [5.41, 5.74) is 1.30. The first-order chi connectivity index (χ1) is 7.29. The average Bonchev–Trinajstić information content (AvgIpc) is 2.43. The monoisotopic (exact) mass is 236 g/mol. The molecule has 3 nitrogen and oxygen atoms in total. The van der Waals surface area contributed by atoms with Crippen LogP contribution < -0.4 is 0 Å². The first-order valence-corrected chi connectivity index (χ1v) is 5.05. The van der Waals surface area contributed by atoms with E-state index in [1.54, 1.807) is 20.0 Å². The van der Waals surface area contributed by atoms with E-state index in [0.29, 0.717) is 5.69 Å². The maximum Gasteiger partial charge on any atom is 0.389 e. The molecule has 0 bridgehead atoms. The van der Waals surface area contributed by atoms with Crippen LogP contribution >= 0.6 is 0 Å². The fourth-order valence-corrected chi connectivity index (χ4v) is 1.59. The lowest BCUT2D eigenvalue weighted by molar-refractivity contribution is -0.136. The molecule has 0 saturated carbocycles. The summed E-state index contributed by atoms with van der Waals surface area (Å²) in [4.78, 5) is 0. The number of hydrogen-bond donors (Lipinski definition) is 1. The van der Waals surface area contributed by atoms with Crippen LogP contribution in [0.15, 0.2) is 6.07 Å². The molecule has 0 aliphatic carbocycles. The molecule has 0 aliphatic heterocycles. The van der Waals surface area contributed by atoms with E-state index in [9.17, 15) is 18.3 Å². The van der Waals surface area contributed by atoms with Gasteiger partial charge in [0.1, 0.15) is 0 Å². The van der Waals surface area contributed by atoms with E-state index in [0.717, 1.165) is 5.69 Å². The van der Waals surface area contributed by atoms with E-state index < -0.39 is 18.7 Å². The Kier molecular flexibility index (Phi) is 3.96. The van der Waals surface area contributed by atoms with E-state index in [2.05, 4.69) is 5.10 Å². The summed E-state index contributed by atoms with van der Waals surface area (Å²) >= 11 is 0. The first-order valence-electron chi connectivity index (χ1n) is 5.05. The third kappa shape index (κ3) is 3.84. The molecule has 1 aromatic rings. The van der Waals surface area contributed by atoms with Crippen LogP contribution in [0.3, 0.4) is 0 Å². The summed E-state index contributed by atoms with van der Waals surface area (Å²) in [6.07, 6.45) is -5.87. The molecule has 0 amide bonds. The number of rotatable bonds is 4. The van der Waals surface area contributed by atoms with Gasteiger partial charge < -0.3 is 5.11 Å². The van der Waals surface area contributed by atoms with E-state index in [1.165, 1.54) is 4.68 Å². The predicted molar refractivity (Wildman–Crippen MR) is 52.8 cm³/mol. The summed E-state index contributed by atoms with van der Waals surface area (Å²) in [6.45, 7) is 1.77. The van der Waals surface area contributed by atoms with Crippen molar-refractivity contribution in [3.8, 4) is 0 Å². The maximum atomic E-state index is 11.9. The Morgan fingerprint density at radius 1 is 1.50 bits per heavy atom. The molecular formula is C10H15F3N2O. The summed E-state index contributed by atoms with van der Waals surface area (Å²) < 4.78 is 37.2. The lowest BCUT2D eigenvalue weighted by atomic mass is 10.1. The van der Waals surface area contributed by atoms with Crippen molar-refractivity contribution in [2.45, 2.75) is 38.5 Å². The molecule has 1 heterocycles. The van der Waals surface area contributed by atoms with Gasteiger partial charge in [0.25, 0.3) is 0 Å². The molecule has 0 radical (unpaired) electrons. The quantitative estimate of drug-likeness (QED) is 0.872. The topological polar surface area (TPSA) is 38.0 Å². The van der Waals surface area contributed by atoms with Crippen molar-refractivity contribution in [3.05, 3.63) is 17.5 Å². The Labute approximate surface area is 91.9 Å². The molecular weight excluding hydrogens is 221 g/mol. The molecule has 0 aromatic carbocycles. The van der Waals surface area contributed by atoms with Gasteiger partial charge in [-0.25, -0.2) is 0 Å². The second-order valence-electron chi connectivity index (χ2n) is 3.86. The van der Waals surface area contributed by atoms with Crippen LogP contribution in [0, 0.1) is 6.92 Å². The average molecular weight is 236 g/mol. The minimum atomic E-state index is -4.15. The number of aryl methyl sites for hydroxylation is 2. The van der Waals surface area contributed by atoms with Crippen molar-refractivity contribution in [3.63, 3.8) is 0 Å². The summed E-state index contributed by atoms with van der Waals surface area (Å²) in [5.74, 6) is 0. The number of nitrogens with zero attached hydrogens (tertiary/aromatic N) is 2. The molecule has 1 rings (SSSR count). The van der Waals surface area contributed by atoms with Crippen molar-refractivity contribution in [1.82, 2.24) is 9.78 Å². The SMILES string of the molecule is Cc1cc(C(O)CCCC(F)(F)F)n(C)n1. The number of aliphatic hydroxyl groups excluding tert-OH is 1. The van der Waals surface area contributed by atoms with Gasteiger partial charge in [0.15, 0.2) is 0 Å². The molecule has 1 N–H and O–H groups in total. The number of alkyl halides is 3. The van der Waals surface area contributed by atoms with Crippen molar-refractivity contribution < 1.29 is 18.3 Å². The van der Waals surface area contributed by atoms with E-state index in [-0.39, 0.29) is 12.8 Å². The van der Waals surface area contributed by atoms with Crippen molar-refractivity contribution in [1.29, 1.82) is 0 Å². The zero-order valence-electron chi connectivity index (χ0n) is 9.25. The molecule has 1 aromatic heterocycles. The summed E-state index contributed by atoms with van der Waals surface area (Å²) in [5, 5.41) is 13.7. The van der Waals surface area contributed by atoms with Crippen LogP contribution in [0.5, 0.6) is 0 Å². The minimum absolute atomic E-state index is 0.0745. The zero-order chi connectivity index (χ0) is 12.3. The fraction of sp³-hybridized carbons (Fsp3) is 0.700. The Morgan fingerprint density at radius 3 is 2.56 bits per heavy atom. The standard InChI is InChI=1S/C10H15F3N2O/c1-7-6-8(15(2)14-7)9(16)4-3-5-10(11,12)13/h6,9,16H,3-5H2,1-2H3. The van der Waals surface area contributed by atoms with Crippen LogP contribution in [0.4, 0.5) is 13.2 Å². The molecule has 16 heavy (non-hydrogen) atoms. The van der Waals surface area contributed by atoms with Gasteiger partial charge in [0.2, 0.25) is 0 Å². The van der Waals surface area contributed by atoms with Crippen LogP contribution in [-0.2, 0) is 7.05 Å². The van der Waals surface area contributed by atoms with Gasteiger partial charge >= 0.3 is 6.18 Å². The van der Waals surface area contributed by atoms with Gasteiger partial charge in [-0.05, 0) is 25.8 Å². The number of aliphatic hydroxyl groups is 1. The highest BCUT2D eigenvalue weighted by molar-refractivity contribution is 5.11. The zero-order valence-corrected chi connectivity index (χ0v) is 9.25. The van der Waals surface area contributed by atoms with Crippen LogP contribution in [-0.4, -0.2) is 21.1 Å². The van der Waals surface area contributed by atoms with Gasteiger partial charge in [-0.1, -0.05) is 0 Å². The fourth-order valence-electron chi connectivity index (χ4n) is 1.59. The Balaban J connectivity index is 2.47. The molecule has 6 heteroatoms. The molecule has 1 atom stereocenters. The highest BCUT2D eigenvalue weighted by Gasteiger charge is 2.27. The molecule has 92 valence electrons. The normalized spacial score (nSPS) is 14.1. The highest BCUT2D eigenvalue weighted by Crippen LogP contribution is 2.26. The van der Waals surface area contributed by atoms with Crippen LogP contribution in [0.25, 0.3) is 0 Å². The van der Waals surface area contributed by atoms with Gasteiger partial charge in [-0.15, -0.1) is 0 Å². The second kappa shape index (κ2) is 4.86. The lowest BCUT2D eigenvalue weighted by Gasteiger charge is -2.11. The number of hydrogen-bond acceptors (Lipinski definition) is 2. The van der Waals surface area contributed by atoms with Crippen molar-refractivity contribution in [2.75, 3.05) is 0 Å². The largest absolute Gasteiger partial charge is 0.389 e. The molecule has 1 unspecified atom stereocenters. The van der Waals surface area contributed by atoms with E-state index in [1.807, 2.05) is 0 Å². The smallest absolute Gasteiger partial charge is 0.387 e. The molecule has 0 saturated heterocycles. The summed E-state index contributed by atoms with van der Waals surface area (Å²) in [6, 6.07) is 1.68. The minimum Gasteiger partial charge on any atom is -0.387 e. The predicted octanol–water partition coefficient (Wildman–Crippen LogP) is 2.49. The third-order valence-electron chi connectivity index (χ3n) is 2.32. The Hall–Kier alpha value is -1.04. The maximum absolute atomic E-state index is 11.9. The third-order valence-corrected chi connectivity index (χ3v) is 2.32. The number of aromatic nitrogens is 2. The van der Waals surface area contributed by atoms with Crippen molar-refractivity contribution in [2.24, 2.45) is 7.05 Å². The highest BCUT2D eigenvalue weighted by atomic mass is 19.4. The first kappa shape index (κ1) is 13.0. The van der Waals surface area contributed by atoms with E-state index >= 15 is 0 Å². The molecule has 0 aliphatic rings. The van der Waals surface area contributed by atoms with Gasteiger partial charge in [-0.2, -0.15) is 18.3 Å². The molecule has 0 fully saturated rings.